The number of carbonyl (C=O) groups is 1. The van der Waals surface area contributed by atoms with Crippen LogP contribution in [-0.2, 0) is 11.3 Å². The summed E-state index contributed by atoms with van der Waals surface area (Å²) >= 11 is 0. The van der Waals surface area contributed by atoms with E-state index in [0.717, 1.165) is 30.7 Å². The lowest BCUT2D eigenvalue weighted by Gasteiger charge is -2.31. The molecule has 0 N–H and O–H groups in total. The van der Waals surface area contributed by atoms with Crippen molar-refractivity contribution in [1.82, 2.24) is 9.80 Å². The van der Waals surface area contributed by atoms with E-state index < -0.39 is 0 Å². The summed E-state index contributed by atoms with van der Waals surface area (Å²) in [6, 6.07) is 14.3. The van der Waals surface area contributed by atoms with Crippen molar-refractivity contribution in [2.24, 2.45) is 0 Å². The molecule has 0 fully saturated rings. The van der Waals surface area contributed by atoms with E-state index in [4.69, 9.17) is 4.42 Å². The van der Waals surface area contributed by atoms with Gasteiger partial charge in [-0.15, -0.1) is 0 Å². The molecule has 1 atom stereocenters. The minimum atomic E-state index is 0.125. The molecule has 138 valence electrons. The van der Waals surface area contributed by atoms with Crippen molar-refractivity contribution in [3.8, 4) is 0 Å². The Kier molecular flexibility index (Phi) is 6.29. The highest BCUT2D eigenvalue weighted by Gasteiger charge is 2.23. The Bertz CT molecular complexity index is 722. The predicted molar refractivity (Wildman–Crippen MR) is 103 cm³/mol. The van der Waals surface area contributed by atoms with Crippen molar-refractivity contribution in [3.63, 3.8) is 0 Å². The Morgan fingerprint density at radius 3 is 2.62 bits per heavy atom. The summed E-state index contributed by atoms with van der Waals surface area (Å²) in [4.78, 5) is 17.1. The fourth-order valence-electron chi connectivity index (χ4n) is 3.40. The highest BCUT2D eigenvalue weighted by molar-refractivity contribution is 5.80. The maximum Gasteiger partial charge on any atom is 0.241 e. The first-order chi connectivity index (χ1) is 12.6. The lowest BCUT2D eigenvalue weighted by molar-refractivity contribution is -0.131. The van der Waals surface area contributed by atoms with Gasteiger partial charge in [-0.25, -0.2) is 0 Å². The first-order valence-corrected chi connectivity index (χ1v) is 9.42. The van der Waals surface area contributed by atoms with E-state index in [2.05, 4.69) is 30.0 Å². The van der Waals surface area contributed by atoms with Gasteiger partial charge in [0.25, 0.3) is 0 Å². The SMILES string of the molecule is C[C@H](c1ccccc1)N(C)CC(=O)N(Cc1ccco1)C1=CCCCC1. The topological polar surface area (TPSA) is 36.7 Å². The summed E-state index contributed by atoms with van der Waals surface area (Å²) in [7, 11) is 2.01. The molecule has 1 amide bonds. The van der Waals surface area contributed by atoms with Crippen molar-refractivity contribution < 1.29 is 9.21 Å². The van der Waals surface area contributed by atoms with Gasteiger partial charge in [-0.1, -0.05) is 36.4 Å². The number of likely N-dealkylation sites (N-methyl/N-ethyl adjacent to an activating group) is 1. The van der Waals surface area contributed by atoms with Crippen LogP contribution in [0, 0.1) is 0 Å². The Labute approximate surface area is 156 Å². The van der Waals surface area contributed by atoms with Gasteiger partial charge >= 0.3 is 0 Å². The van der Waals surface area contributed by atoms with Crippen molar-refractivity contribution in [2.45, 2.75) is 45.2 Å². The molecule has 0 saturated heterocycles. The molecule has 1 aliphatic rings. The van der Waals surface area contributed by atoms with E-state index in [0.29, 0.717) is 13.1 Å². The Hall–Kier alpha value is -2.33. The summed E-state index contributed by atoms with van der Waals surface area (Å²) in [6.45, 7) is 3.03. The van der Waals surface area contributed by atoms with Gasteiger partial charge < -0.3 is 9.32 Å². The number of hydrogen-bond acceptors (Lipinski definition) is 3. The molecule has 0 radical (unpaired) electrons. The zero-order valence-corrected chi connectivity index (χ0v) is 15.7. The number of hydrogen-bond donors (Lipinski definition) is 0. The van der Waals surface area contributed by atoms with Gasteiger partial charge in [0, 0.05) is 11.7 Å². The van der Waals surface area contributed by atoms with E-state index in [1.54, 1.807) is 6.26 Å². The third kappa shape index (κ3) is 4.64. The molecule has 4 heteroatoms. The van der Waals surface area contributed by atoms with E-state index in [9.17, 15) is 4.79 Å². The fraction of sp³-hybridized carbons (Fsp3) is 0.409. The van der Waals surface area contributed by atoms with Crippen molar-refractivity contribution in [1.29, 1.82) is 0 Å². The molecule has 2 aromatic rings. The fourth-order valence-corrected chi connectivity index (χ4v) is 3.40. The second kappa shape index (κ2) is 8.86. The van der Waals surface area contributed by atoms with Gasteiger partial charge in [0.1, 0.15) is 5.76 Å². The predicted octanol–water partition coefficient (Wildman–Crippen LogP) is 4.76. The van der Waals surface area contributed by atoms with Gasteiger partial charge in [-0.05, 0) is 57.4 Å². The van der Waals surface area contributed by atoms with Crippen LogP contribution in [0.2, 0.25) is 0 Å². The summed E-state index contributed by atoms with van der Waals surface area (Å²) < 4.78 is 5.49. The lowest BCUT2D eigenvalue weighted by atomic mass is 10.0. The van der Waals surface area contributed by atoms with Gasteiger partial charge in [0.2, 0.25) is 5.91 Å². The standard InChI is InChI=1S/C22H28N2O2/c1-18(19-10-5-3-6-11-19)23(2)17-22(25)24(16-21-14-9-15-26-21)20-12-7-4-8-13-20/h3,5-6,9-12,14-15,18H,4,7-8,13,16-17H2,1-2H3/t18-/m1/s1. The molecule has 0 unspecified atom stereocenters. The first-order valence-electron chi connectivity index (χ1n) is 9.42. The highest BCUT2D eigenvalue weighted by Crippen LogP contribution is 2.24. The summed E-state index contributed by atoms with van der Waals surface area (Å²) in [5, 5.41) is 0. The zero-order valence-electron chi connectivity index (χ0n) is 15.7. The van der Waals surface area contributed by atoms with Gasteiger partial charge in [0.15, 0.2) is 0 Å². The maximum absolute atomic E-state index is 13.1. The quantitative estimate of drug-likeness (QED) is 0.721. The lowest BCUT2D eigenvalue weighted by Crippen LogP contribution is -2.39. The molecule has 1 aliphatic carbocycles. The first kappa shape index (κ1) is 18.5. The van der Waals surface area contributed by atoms with Crippen LogP contribution in [0.25, 0.3) is 0 Å². The second-order valence-corrected chi connectivity index (χ2v) is 7.00. The van der Waals surface area contributed by atoms with Crippen molar-refractivity contribution in [2.75, 3.05) is 13.6 Å². The maximum atomic E-state index is 13.1. The van der Waals surface area contributed by atoms with Gasteiger partial charge in [-0.2, -0.15) is 0 Å². The van der Waals surface area contributed by atoms with Crippen LogP contribution >= 0.6 is 0 Å². The molecule has 0 spiro atoms. The normalized spacial score (nSPS) is 15.6. The van der Waals surface area contributed by atoms with Crippen LogP contribution in [0.4, 0.5) is 0 Å². The van der Waals surface area contributed by atoms with E-state index in [-0.39, 0.29) is 11.9 Å². The van der Waals surface area contributed by atoms with Gasteiger partial charge in [0.05, 0.1) is 19.4 Å². The number of amides is 1. The number of allylic oxidation sites excluding steroid dienone is 2. The minimum Gasteiger partial charge on any atom is -0.467 e. The molecule has 0 aliphatic heterocycles. The van der Waals surface area contributed by atoms with E-state index >= 15 is 0 Å². The van der Waals surface area contributed by atoms with Crippen molar-refractivity contribution in [3.05, 3.63) is 71.8 Å². The zero-order chi connectivity index (χ0) is 18.4. The molecule has 0 bridgehead atoms. The number of nitrogens with zero attached hydrogens (tertiary/aromatic N) is 2. The molecule has 1 aromatic carbocycles. The van der Waals surface area contributed by atoms with Crippen LogP contribution in [0.5, 0.6) is 0 Å². The minimum absolute atomic E-state index is 0.125. The Morgan fingerprint density at radius 2 is 1.96 bits per heavy atom. The molecule has 1 aromatic heterocycles. The number of furan rings is 1. The smallest absolute Gasteiger partial charge is 0.241 e. The van der Waals surface area contributed by atoms with Gasteiger partial charge in [-0.3, -0.25) is 9.69 Å². The van der Waals surface area contributed by atoms with Crippen LogP contribution in [0.15, 0.2) is 64.9 Å². The number of rotatable bonds is 7. The van der Waals surface area contributed by atoms with Crippen LogP contribution in [0.1, 0.15) is 50.0 Å². The average molecular weight is 352 g/mol. The molecule has 1 heterocycles. The third-order valence-electron chi connectivity index (χ3n) is 5.14. The summed E-state index contributed by atoms with van der Waals surface area (Å²) in [5.74, 6) is 0.948. The average Bonchev–Trinajstić information content (AvgIpc) is 3.20. The molecule has 3 rings (SSSR count). The monoisotopic (exact) mass is 352 g/mol. The summed E-state index contributed by atoms with van der Waals surface area (Å²) in [6.07, 6.45) is 8.24. The van der Waals surface area contributed by atoms with E-state index in [1.165, 1.54) is 12.0 Å². The largest absolute Gasteiger partial charge is 0.467 e. The second-order valence-electron chi connectivity index (χ2n) is 7.00. The molecule has 0 saturated carbocycles. The van der Waals surface area contributed by atoms with Crippen molar-refractivity contribution >= 4 is 5.91 Å². The van der Waals surface area contributed by atoms with Crippen LogP contribution < -0.4 is 0 Å². The van der Waals surface area contributed by atoms with Crippen LogP contribution in [-0.4, -0.2) is 29.3 Å². The number of benzene rings is 1. The molecule has 26 heavy (non-hydrogen) atoms. The van der Waals surface area contributed by atoms with Crippen LogP contribution in [0.3, 0.4) is 0 Å². The molecular formula is C22H28N2O2. The number of carbonyl (C=O) groups excluding carboxylic acids is 1. The molecular weight excluding hydrogens is 324 g/mol. The summed E-state index contributed by atoms with van der Waals surface area (Å²) in [5.41, 5.74) is 2.36. The Balaban J connectivity index is 1.71. The molecule has 4 nitrogen and oxygen atoms in total. The third-order valence-corrected chi connectivity index (χ3v) is 5.14. The Morgan fingerprint density at radius 1 is 1.15 bits per heavy atom. The van der Waals surface area contributed by atoms with E-state index in [1.807, 2.05) is 42.3 Å². The highest BCUT2D eigenvalue weighted by atomic mass is 16.3.